The Morgan fingerprint density at radius 2 is 2.18 bits per heavy atom. The minimum atomic E-state index is -0.134. The van der Waals surface area contributed by atoms with Gasteiger partial charge in [0.05, 0.1) is 11.9 Å². The van der Waals surface area contributed by atoms with Crippen molar-refractivity contribution in [1.29, 1.82) is 0 Å². The molecule has 5 nitrogen and oxygen atoms in total. The van der Waals surface area contributed by atoms with Crippen LogP contribution in [0.3, 0.4) is 0 Å². The molecule has 0 aliphatic heterocycles. The van der Waals surface area contributed by atoms with Crippen LogP contribution in [0, 0.1) is 0 Å². The van der Waals surface area contributed by atoms with E-state index in [1.807, 2.05) is 24.4 Å². The number of nitrogens with one attached hydrogen (secondary N) is 2. The average molecular weight is 292 g/mol. The van der Waals surface area contributed by atoms with Crippen LogP contribution in [0.25, 0.3) is 17.0 Å². The molecule has 3 aromatic rings. The lowest BCUT2D eigenvalue weighted by molar-refractivity contribution is -0.116. The highest BCUT2D eigenvalue weighted by atomic mass is 16.1. The molecule has 0 fully saturated rings. The second-order valence-corrected chi connectivity index (χ2v) is 4.86. The Hall–Kier alpha value is -2.95. The van der Waals surface area contributed by atoms with Gasteiger partial charge < -0.3 is 10.3 Å². The normalized spacial score (nSPS) is 11.1. The van der Waals surface area contributed by atoms with Crippen molar-refractivity contribution in [2.75, 3.05) is 6.54 Å². The van der Waals surface area contributed by atoms with E-state index < -0.39 is 0 Å². The fraction of sp³-hybridized carbons (Fsp3) is 0.118. The molecule has 2 aromatic heterocycles. The number of carbonyl (C=O) groups excluding carboxylic acids is 1. The molecule has 2 N–H and O–H groups in total. The highest BCUT2D eigenvalue weighted by molar-refractivity contribution is 5.91. The maximum atomic E-state index is 11.8. The lowest BCUT2D eigenvalue weighted by Gasteiger charge is -2.01. The number of hydrogen-bond donors (Lipinski definition) is 2. The van der Waals surface area contributed by atoms with Gasteiger partial charge >= 0.3 is 0 Å². The molecule has 0 unspecified atom stereocenters. The van der Waals surface area contributed by atoms with Gasteiger partial charge in [0, 0.05) is 42.1 Å². The molecular formula is C17H16N4O. The number of carbonyl (C=O) groups is 1. The third-order valence-electron chi connectivity index (χ3n) is 3.36. The summed E-state index contributed by atoms with van der Waals surface area (Å²) >= 11 is 0. The third-order valence-corrected chi connectivity index (χ3v) is 3.36. The topological polar surface area (TPSA) is 70.7 Å². The maximum Gasteiger partial charge on any atom is 0.244 e. The van der Waals surface area contributed by atoms with Crippen molar-refractivity contribution in [3.8, 4) is 0 Å². The van der Waals surface area contributed by atoms with Gasteiger partial charge in [-0.2, -0.15) is 0 Å². The zero-order valence-corrected chi connectivity index (χ0v) is 12.0. The maximum absolute atomic E-state index is 11.8. The lowest BCUT2D eigenvalue weighted by atomic mass is 10.1. The number of amides is 1. The summed E-state index contributed by atoms with van der Waals surface area (Å²) in [5, 5.41) is 4.07. The van der Waals surface area contributed by atoms with E-state index in [1.54, 1.807) is 24.7 Å². The molecular weight excluding hydrogens is 276 g/mol. The van der Waals surface area contributed by atoms with Gasteiger partial charge in [0.25, 0.3) is 0 Å². The van der Waals surface area contributed by atoms with Gasteiger partial charge in [0.2, 0.25) is 5.91 Å². The SMILES string of the molecule is O=C(/C=C/c1cnccn1)NCCc1c[nH]c2ccccc12. The molecule has 0 saturated heterocycles. The van der Waals surface area contributed by atoms with Crippen molar-refractivity contribution in [1.82, 2.24) is 20.3 Å². The number of aromatic nitrogens is 3. The number of hydrogen-bond acceptors (Lipinski definition) is 3. The summed E-state index contributed by atoms with van der Waals surface area (Å²) in [6.45, 7) is 0.589. The molecule has 0 bridgehead atoms. The second-order valence-electron chi connectivity index (χ2n) is 4.86. The number of benzene rings is 1. The predicted octanol–water partition coefficient (Wildman–Crippen LogP) is 2.33. The van der Waals surface area contributed by atoms with Gasteiger partial charge in [-0.3, -0.25) is 14.8 Å². The Bertz CT molecular complexity index is 793. The van der Waals surface area contributed by atoms with Crippen LogP contribution in [0.2, 0.25) is 0 Å². The fourth-order valence-electron chi connectivity index (χ4n) is 2.28. The zero-order valence-electron chi connectivity index (χ0n) is 12.0. The first-order valence-electron chi connectivity index (χ1n) is 7.10. The summed E-state index contributed by atoms with van der Waals surface area (Å²) in [5.74, 6) is -0.134. The molecule has 0 radical (unpaired) electrons. The first-order chi connectivity index (χ1) is 10.8. The molecule has 0 atom stereocenters. The Kier molecular flexibility index (Phi) is 4.25. The Balaban J connectivity index is 1.52. The van der Waals surface area contributed by atoms with Crippen molar-refractivity contribution in [3.63, 3.8) is 0 Å². The summed E-state index contributed by atoms with van der Waals surface area (Å²) in [7, 11) is 0. The van der Waals surface area contributed by atoms with Crippen LogP contribution in [0.5, 0.6) is 0 Å². The Morgan fingerprint density at radius 3 is 3.05 bits per heavy atom. The minimum absolute atomic E-state index is 0.134. The van der Waals surface area contributed by atoms with Gasteiger partial charge in [-0.05, 0) is 24.1 Å². The van der Waals surface area contributed by atoms with E-state index >= 15 is 0 Å². The highest BCUT2D eigenvalue weighted by Crippen LogP contribution is 2.17. The van der Waals surface area contributed by atoms with Crippen molar-refractivity contribution in [2.24, 2.45) is 0 Å². The molecule has 3 rings (SSSR count). The van der Waals surface area contributed by atoms with Gasteiger partial charge in [-0.15, -0.1) is 0 Å². The fourth-order valence-corrected chi connectivity index (χ4v) is 2.28. The van der Waals surface area contributed by atoms with E-state index in [9.17, 15) is 4.79 Å². The van der Waals surface area contributed by atoms with Crippen molar-refractivity contribution < 1.29 is 4.79 Å². The van der Waals surface area contributed by atoms with Crippen molar-refractivity contribution >= 4 is 22.9 Å². The second kappa shape index (κ2) is 6.67. The van der Waals surface area contributed by atoms with Crippen LogP contribution in [0.4, 0.5) is 0 Å². The number of fused-ring (bicyclic) bond motifs is 1. The highest BCUT2D eigenvalue weighted by Gasteiger charge is 2.03. The van der Waals surface area contributed by atoms with Crippen LogP contribution < -0.4 is 5.32 Å². The molecule has 0 spiro atoms. The molecule has 0 aliphatic carbocycles. The lowest BCUT2D eigenvalue weighted by Crippen LogP contribution is -2.23. The molecule has 0 saturated carbocycles. The quantitative estimate of drug-likeness (QED) is 0.709. The molecule has 2 heterocycles. The number of aromatic amines is 1. The summed E-state index contributed by atoms with van der Waals surface area (Å²) in [6, 6.07) is 8.14. The van der Waals surface area contributed by atoms with Crippen LogP contribution >= 0.6 is 0 Å². The average Bonchev–Trinajstić information content (AvgIpc) is 2.97. The van der Waals surface area contributed by atoms with E-state index in [1.165, 1.54) is 17.0 Å². The number of rotatable bonds is 5. The third kappa shape index (κ3) is 3.38. The summed E-state index contributed by atoms with van der Waals surface area (Å²) in [5.41, 5.74) is 2.98. The van der Waals surface area contributed by atoms with Crippen LogP contribution in [-0.2, 0) is 11.2 Å². The zero-order chi connectivity index (χ0) is 15.2. The minimum Gasteiger partial charge on any atom is -0.361 e. The van der Waals surface area contributed by atoms with E-state index in [0.29, 0.717) is 12.2 Å². The van der Waals surface area contributed by atoms with Gasteiger partial charge in [0.1, 0.15) is 0 Å². The molecule has 1 amide bonds. The van der Waals surface area contributed by atoms with Gasteiger partial charge in [-0.1, -0.05) is 18.2 Å². The van der Waals surface area contributed by atoms with Crippen LogP contribution in [0.1, 0.15) is 11.3 Å². The first-order valence-corrected chi connectivity index (χ1v) is 7.10. The summed E-state index contributed by atoms with van der Waals surface area (Å²) in [6.07, 6.45) is 10.7. The molecule has 0 aliphatic rings. The number of nitrogens with zero attached hydrogens (tertiary/aromatic N) is 2. The first kappa shape index (κ1) is 14.0. The molecule has 22 heavy (non-hydrogen) atoms. The monoisotopic (exact) mass is 292 g/mol. The van der Waals surface area contributed by atoms with Crippen LogP contribution in [-0.4, -0.2) is 27.4 Å². The van der Waals surface area contributed by atoms with E-state index in [4.69, 9.17) is 0 Å². The Labute approximate surface area is 128 Å². The van der Waals surface area contributed by atoms with Gasteiger partial charge in [-0.25, -0.2) is 0 Å². The summed E-state index contributed by atoms with van der Waals surface area (Å²) in [4.78, 5) is 23.0. The van der Waals surface area contributed by atoms with E-state index in [-0.39, 0.29) is 5.91 Å². The predicted molar refractivity (Wildman–Crippen MR) is 86.1 cm³/mol. The molecule has 110 valence electrons. The number of H-pyrrole nitrogens is 1. The van der Waals surface area contributed by atoms with Crippen molar-refractivity contribution in [3.05, 3.63) is 66.4 Å². The molecule has 5 heteroatoms. The largest absolute Gasteiger partial charge is 0.361 e. The summed E-state index contributed by atoms with van der Waals surface area (Å²) < 4.78 is 0. The van der Waals surface area contributed by atoms with E-state index in [2.05, 4.69) is 26.3 Å². The van der Waals surface area contributed by atoms with Crippen LogP contribution in [0.15, 0.2) is 55.1 Å². The smallest absolute Gasteiger partial charge is 0.244 e. The van der Waals surface area contributed by atoms with Gasteiger partial charge in [0.15, 0.2) is 0 Å². The number of para-hydroxylation sites is 1. The Morgan fingerprint density at radius 1 is 1.27 bits per heavy atom. The standard InChI is InChI=1S/C17H16N4O/c22-17(6-5-14-12-18-9-10-19-14)20-8-7-13-11-21-16-4-2-1-3-15(13)16/h1-6,9-12,21H,7-8H2,(H,20,22)/b6-5+. The molecule has 1 aromatic carbocycles. The van der Waals surface area contributed by atoms with Crippen molar-refractivity contribution in [2.45, 2.75) is 6.42 Å². The van der Waals surface area contributed by atoms with E-state index in [0.717, 1.165) is 11.9 Å².